The number of amides is 3. The monoisotopic (exact) mass is 481 g/mol. The summed E-state index contributed by atoms with van der Waals surface area (Å²) in [4.78, 5) is 37.1. The molecule has 164 valence electrons. The van der Waals surface area contributed by atoms with Crippen LogP contribution in [0.2, 0.25) is 10.0 Å². The van der Waals surface area contributed by atoms with Crippen molar-refractivity contribution in [1.82, 2.24) is 10.4 Å². The SMILES string of the molecule is CCOc1cc(NC(C)=O)ccc1C(=O)NN1C(=O)[C@@H](C)S[C@@H]1c1ccc(Cl)cc1Cl. The third kappa shape index (κ3) is 5.26. The van der Waals surface area contributed by atoms with Crippen LogP contribution in [0.4, 0.5) is 5.69 Å². The van der Waals surface area contributed by atoms with Gasteiger partial charge >= 0.3 is 0 Å². The Morgan fingerprint density at radius 3 is 2.58 bits per heavy atom. The van der Waals surface area contributed by atoms with E-state index in [1.165, 1.54) is 29.8 Å². The second-order valence-corrected chi connectivity index (χ2v) is 9.04. The van der Waals surface area contributed by atoms with Gasteiger partial charge in [0.2, 0.25) is 5.91 Å². The van der Waals surface area contributed by atoms with Gasteiger partial charge in [-0.2, -0.15) is 0 Å². The Hall–Kier alpha value is -2.42. The van der Waals surface area contributed by atoms with Crippen LogP contribution in [-0.2, 0) is 9.59 Å². The molecule has 2 atom stereocenters. The minimum atomic E-state index is -0.518. The molecular formula is C21H21Cl2N3O4S. The highest BCUT2D eigenvalue weighted by Gasteiger charge is 2.41. The molecule has 0 radical (unpaired) electrons. The van der Waals surface area contributed by atoms with Crippen LogP contribution in [0.15, 0.2) is 36.4 Å². The molecule has 1 aliphatic heterocycles. The lowest BCUT2D eigenvalue weighted by molar-refractivity contribution is -0.132. The fraction of sp³-hybridized carbons (Fsp3) is 0.286. The molecule has 1 saturated heterocycles. The summed E-state index contributed by atoms with van der Waals surface area (Å²) in [6.45, 7) is 5.26. The van der Waals surface area contributed by atoms with Gasteiger partial charge in [-0.1, -0.05) is 29.3 Å². The molecule has 0 bridgehead atoms. The zero-order chi connectivity index (χ0) is 22.7. The van der Waals surface area contributed by atoms with Crippen molar-refractivity contribution in [3.63, 3.8) is 0 Å². The van der Waals surface area contributed by atoms with E-state index in [-0.39, 0.29) is 22.6 Å². The van der Waals surface area contributed by atoms with E-state index in [0.29, 0.717) is 33.7 Å². The van der Waals surface area contributed by atoms with Crippen LogP contribution in [0.5, 0.6) is 5.75 Å². The third-order valence-corrected chi connectivity index (χ3v) is 6.34. The number of hydrogen-bond acceptors (Lipinski definition) is 5. The number of halogens is 2. The van der Waals surface area contributed by atoms with Crippen molar-refractivity contribution in [3.05, 3.63) is 57.6 Å². The Morgan fingerprint density at radius 1 is 1.19 bits per heavy atom. The molecule has 1 fully saturated rings. The Labute approximate surface area is 194 Å². The van der Waals surface area contributed by atoms with Crippen LogP contribution >= 0.6 is 35.0 Å². The molecule has 10 heteroatoms. The summed E-state index contributed by atoms with van der Waals surface area (Å²) in [5, 5.41) is 3.94. The van der Waals surface area contributed by atoms with Crippen molar-refractivity contribution in [2.24, 2.45) is 0 Å². The van der Waals surface area contributed by atoms with Gasteiger partial charge in [0.25, 0.3) is 11.8 Å². The van der Waals surface area contributed by atoms with E-state index < -0.39 is 11.3 Å². The number of nitrogens with zero attached hydrogens (tertiary/aromatic N) is 1. The van der Waals surface area contributed by atoms with E-state index in [9.17, 15) is 14.4 Å². The largest absolute Gasteiger partial charge is 0.493 e. The van der Waals surface area contributed by atoms with E-state index in [2.05, 4.69) is 10.7 Å². The Kier molecular flexibility index (Phi) is 7.35. The van der Waals surface area contributed by atoms with E-state index in [4.69, 9.17) is 27.9 Å². The molecule has 0 aliphatic carbocycles. The van der Waals surface area contributed by atoms with Gasteiger partial charge in [0.15, 0.2) is 0 Å². The first-order valence-electron chi connectivity index (χ1n) is 9.50. The first-order valence-corrected chi connectivity index (χ1v) is 11.2. The Morgan fingerprint density at radius 2 is 1.94 bits per heavy atom. The Balaban J connectivity index is 1.89. The summed E-state index contributed by atoms with van der Waals surface area (Å²) < 4.78 is 5.58. The highest BCUT2D eigenvalue weighted by molar-refractivity contribution is 8.01. The lowest BCUT2D eigenvalue weighted by Crippen LogP contribution is -2.45. The first-order chi connectivity index (χ1) is 14.7. The van der Waals surface area contributed by atoms with Gasteiger partial charge < -0.3 is 10.1 Å². The molecule has 7 nitrogen and oxygen atoms in total. The van der Waals surface area contributed by atoms with Crippen LogP contribution in [0.25, 0.3) is 0 Å². The van der Waals surface area contributed by atoms with Gasteiger partial charge in [-0.05, 0) is 38.1 Å². The molecule has 2 aromatic rings. The maximum Gasteiger partial charge on any atom is 0.273 e. The molecular weight excluding hydrogens is 461 g/mol. The van der Waals surface area contributed by atoms with E-state index in [0.717, 1.165) is 0 Å². The van der Waals surface area contributed by atoms with Crippen LogP contribution in [0, 0.1) is 0 Å². The highest BCUT2D eigenvalue weighted by Crippen LogP contribution is 2.44. The predicted molar refractivity (Wildman–Crippen MR) is 122 cm³/mol. The topological polar surface area (TPSA) is 87.7 Å². The highest BCUT2D eigenvalue weighted by atomic mass is 35.5. The lowest BCUT2D eigenvalue weighted by atomic mass is 10.1. The number of benzene rings is 2. The molecule has 3 amide bonds. The fourth-order valence-electron chi connectivity index (χ4n) is 3.09. The van der Waals surface area contributed by atoms with Crippen molar-refractivity contribution in [2.75, 3.05) is 11.9 Å². The zero-order valence-electron chi connectivity index (χ0n) is 17.1. The third-order valence-electron chi connectivity index (χ3n) is 4.45. The number of hydrazine groups is 1. The van der Waals surface area contributed by atoms with Crippen LogP contribution in [0.3, 0.4) is 0 Å². The maximum atomic E-state index is 13.1. The Bertz CT molecular complexity index is 1030. The number of anilines is 1. The van der Waals surface area contributed by atoms with Crippen LogP contribution in [0.1, 0.15) is 42.1 Å². The van der Waals surface area contributed by atoms with Gasteiger partial charge in [-0.25, -0.2) is 5.01 Å². The number of thioether (sulfide) groups is 1. The predicted octanol–water partition coefficient (Wildman–Crippen LogP) is 4.66. The number of ether oxygens (including phenoxy) is 1. The summed E-state index contributed by atoms with van der Waals surface area (Å²) >= 11 is 13.7. The van der Waals surface area contributed by atoms with Gasteiger partial charge in [-0.3, -0.25) is 19.8 Å². The number of hydrogen-bond donors (Lipinski definition) is 2. The van der Waals surface area contributed by atoms with Gasteiger partial charge in [-0.15, -0.1) is 11.8 Å². The zero-order valence-corrected chi connectivity index (χ0v) is 19.4. The molecule has 2 aromatic carbocycles. The van der Waals surface area contributed by atoms with Crippen molar-refractivity contribution in [2.45, 2.75) is 31.4 Å². The average molecular weight is 482 g/mol. The average Bonchev–Trinajstić information content (AvgIpc) is 2.96. The van der Waals surface area contributed by atoms with Crippen molar-refractivity contribution >= 4 is 58.4 Å². The van der Waals surface area contributed by atoms with E-state index >= 15 is 0 Å². The molecule has 2 N–H and O–H groups in total. The first kappa shape index (κ1) is 23.2. The molecule has 0 spiro atoms. The minimum absolute atomic E-state index is 0.231. The van der Waals surface area contributed by atoms with Crippen molar-refractivity contribution in [1.29, 1.82) is 0 Å². The normalized spacial score (nSPS) is 18.1. The molecule has 31 heavy (non-hydrogen) atoms. The fourth-order valence-corrected chi connectivity index (χ4v) is 4.91. The van der Waals surface area contributed by atoms with Crippen LogP contribution in [-0.4, -0.2) is 34.6 Å². The maximum absolute atomic E-state index is 13.1. The summed E-state index contributed by atoms with van der Waals surface area (Å²) in [6.07, 6.45) is 0. The number of rotatable bonds is 6. The molecule has 0 saturated carbocycles. The van der Waals surface area contributed by atoms with Crippen molar-refractivity contribution < 1.29 is 19.1 Å². The number of carbonyl (C=O) groups is 3. The standard InChI is InChI=1S/C21H21Cl2N3O4S/c1-4-30-18-10-14(24-12(3)27)6-8-16(18)19(28)25-26-20(29)11(2)31-21(26)15-7-5-13(22)9-17(15)23/h5-11,21H,4H2,1-3H3,(H,24,27)(H,25,28)/t11-,21-/m1/s1. The molecule has 3 rings (SSSR count). The second-order valence-electron chi connectivity index (χ2n) is 6.77. The summed E-state index contributed by atoms with van der Waals surface area (Å²) in [5.74, 6) is -0.714. The quantitative estimate of drug-likeness (QED) is 0.626. The second kappa shape index (κ2) is 9.80. The summed E-state index contributed by atoms with van der Waals surface area (Å²) in [6, 6.07) is 9.71. The van der Waals surface area contributed by atoms with Gasteiger partial charge in [0.05, 0.1) is 17.4 Å². The molecule has 0 aromatic heterocycles. The molecule has 1 heterocycles. The van der Waals surface area contributed by atoms with Gasteiger partial charge in [0.1, 0.15) is 11.1 Å². The van der Waals surface area contributed by atoms with Crippen LogP contribution < -0.4 is 15.5 Å². The lowest BCUT2D eigenvalue weighted by Gasteiger charge is -2.25. The van der Waals surface area contributed by atoms with Gasteiger partial charge in [0, 0.05) is 34.3 Å². The molecule has 0 unspecified atom stereocenters. The van der Waals surface area contributed by atoms with E-state index in [1.807, 2.05) is 0 Å². The molecule has 1 aliphatic rings. The summed E-state index contributed by atoms with van der Waals surface area (Å²) in [5.41, 5.74) is 4.09. The van der Waals surface area contributed by atoms with E-state index in [1.54, 1.807) is 44.2 Å². The summed E-state index contributed by atoms with van der Waals surface area (Å²) in [7, 11) is 0. The smallest absolute Gasteiger partial charge is 0.273 e. The number of carbonyl (C=O) groups excluding carboxylic acids is 3. The minimum Gasteiger partial charge on any atom is -0.493 e. The van der Waals surface area contributed by atoms with Crippen molar-refractivity contribution in [3.8, 4) is 5.75 Å². The number of nitrogens with one attached hydrogen (secondary N) is 2.